The zero-order valence-corrected chi connectivity index (χ0v) is 13.3. The average Bonchev–Trinajstić information content (AvgIpc) is 3.11. The molecule has 21 heavy (non-hydrogen) atoms. The number of thiophene rings is 2. The molecule has 2 aromatic carbocycles. The second-order valence-electron chi connectivity index (χ2n) is 5.14. The molecule has 0 fully saturated rings. The summed E-state index contributed by atoms with van der Waals surface area (Å²) in [6.45, 7) is 2.21. The van der Waals surface area contributed by atoms with E-state index in [1.807, 2.05) is 22.7 Å². The van der Waals surface area contributed by atoms with Crippen LogP contribution in [0.25, 0.3) is 31.0 Å². The Balaban J connectivity index is 1.87. The van der Waals surface area contributed by atoms with Crippen molar-refractivity contribution >= 4 is 33.4 Å². The Bertz CT molecular complexity index is 898. The van der Waals surface area contributed by atoms with Gasteiger partial charge in [-0.1, -0.05) is 54.6 Å². The highest BCUT2D eigenvalue weighted by Gasteiger charge is 2.12. The molecule has 0 spiro atoms. The van der Waals surface area contributed by atoms with Crippen molar-refractivity contribution in [1.82, 2.24) is 0 Å². The SMILES string of the molecule is Cc1cc(-c2scc3ccccc23)sc1-c1ccccc1. The van der Waals surface area contributed by atoms with Crippen LogP contribution in [0.1, 0.15) is 5.56 Å². The standard InChI is InChI=1S/C19H14S2/c1-13-11-17(21-18(13)14-7-3-2-4-8-14)19-16-10-6-5-9-15(16)12-20-19/h2-12H,1H3. The lowest BCUT2D eigenvalue weighted by atomic mass is 10.1. The van der Waals surface area contributed by atoms with Crippen molar-refractivity contribution in [3.8, 4) is 20.2 Å². The first-order valence-electron chi connectivity index (χ1n) is 6.95. The summed E-state index contributed by atoms with van der Waals surface area (Å²) in [6, 6.07) is 21.6. The van der Waals surface area contributed by atoms with Gasteiger partial charge in [-0.05, 0) is 34.9 Å². The number of aryl methyl sites for hydroxylation is 1. The molecule has 2 aromatic heterocycles. The predicted octanol–water partition coefficient (Wildman–Crippen LogP) is 6.61. The Labute approximate surface area is 132 Å². The van der Waals surface area contributed by atoms with Gasteiger partial charge in [0, 0.05) is 15.1 Å². The van der Waals surface area contributed by atoms with Crippen molar-refractivity contribution in [2.75, 3.05) is 0 Å². The average molecular weight is 306 g/mol. The van der Waals surface area contributed by atoms with Crippen LogP contribution in [0.15, 0.2) is 66.0 Å². The fourth-order valence-corrected chi connectivity index (χ4v) is 4.99. The molecule has 2 heterocycles. The molecule has 0 aliphatic heterocycles. The van der Waals surface area contributed by atoms with Gasteiger partial charge in [-0.25, -0.2) is 0 Å². The maximum Gasteiger partial charge on any atom is 0.0521 e. The minimum Gasteiger partial charge on any atom is -0.142 e. The zero-order valence-electron chi connectivity index (χ0n) is 11.7. The van der Waals surface area contributed by atoms with E-state index in [1.165, 1.54) is 36.5 Å². The van der Waals surface area contributed by atoms with Crippen LogP contribution < -0.4 is 0 Å². The highest BCUT2D eigenvalue weighted by molar-refractivity contribution is 7.24. The number of rotatable bonds is 2. The van der Waals surface area contributed by atoms with Gasteiger partial charge in [-0.15, -0.1) is 22.7 Å². The Morgan fingerprint density at radius 2 is 1.57 bits per heavy atom. The lowest BCUT2D eigenvalue weighted by molar-refractivity contribution is 1.54. The van der Waals surface area contributed by atoms with Crippen LogP contribution in [0.3, 0.4) is 0 Å². The van der Waals surface area contributed by atoms with Crippen molar-refractivity contribution < 1.29 is 0 Å². The van der Waals surface area contributed by atoms with Gasteiger partial charge >= 0.3 is 0 Å². The summed E-state index contributed by atoms with van der Waals surface area (Å²) in [5, 5.41) is 4.95. The number of benzene rings is 2. The second-order valence-corrected chi connectivity index (χ2v) is 7.07. The third-order valence-corrected chi connectivity index (χ3v) is 6.17. The fraction of sp³-hybridized carbons (Fsp3) is 0.0526. The third-order valence-electron chi connectivity index (χ3n) is 3.69. The van der Waals surface area contributed by atoms with Crippen LogP contribution >= 0.6 is 22.7 Å². The molecule has 0 nitrogen and oxygen atoms in total. The van der Waals surface area contributed by atoms with Crippen LogP contribution in [-0.2, 0) is 0 Å². The Kier molecular flexibility index (Phi) is 3.13. The maximum absolute atomic E-state index is 2.32. The molecule has 102 valence electrons. The first-order chi connectivity index (χ1) is 10.3. The van der Waals surface area contributed by atoms with E-state index in [-0.39, 0.29) is 0 Å². The van der Waals surface area contributed by atoms with Gasteiger partial charge < -0.3 is 0 Å². The molecule has 0 unspecified atom stereocenters. The smallest absolute Gasteiger partial charge is 0.0521 e. The van der Waals surface area contributed by atoms with Gasteiger partial charge in [0.2, 0.25) is 0 Å². The van der Waals surface area contributed by atoms with Crippen molar-refractivity contribution in [2.24, 2.45) is 0 Å². The van der Waals surface area contributed by atoms with Crippen LogP contribution in [-0.4, -0.2) is 0 Å². The lowest BCUT2D eigenvalue weighted by Crippen LogP contribution is -1.72. The highest BCUT2D eigenvalue weighted by Crippen LogP contribution is 2.42. The van der Waals surface area contributed by atoms with E-state index in [0.29, 0.717) is 0 Å². The Morgan fingerprint density at radius 1 is 0.810 bits per heavy atom. The summed E-state index contributed by atoms with van der Waals surface area (Å²) >= 11 is 3.74. The molecule has 0 aliphatic rings. The summed E-state index contributed by atoms with van der Waals surface area (Å²) < 4.78 is 0. The molecular formula is C19H14S2. The molecule has 0 aliphatic carbocycles. The number of hydrogen-bond acceptors (Lipinski definition) is 2. The summed E-state index contributed by atoms with van der Waals surface area (Å²) in [7, 11) is 0. The molecule has 0 saturated heterocycles. The second kappa shape index (κ2) is 5.14. The molecule has 4 rings (SSSR count). The predicted molar refractivity (Wildman–Crippen MR) is 95.3 cm³/mol. The monoisotopic (exact) mass is 306 g/mol. The van der Waals surface area contributed by atoms with Gasteiger partial charge in [-0.2, -0.15) is 0 Å². The highest BCUT2D eigenvalue weighted by atomic mass is 32.1. The summed E-state index contributed by atoms with van der Waals surface area (Å²) in [4.78, 5) is 4.14. The molecule has 0 amide bonds. The normalized spacial score (nSPS) is 11.1. The fourth-order valence-electron chi connectivity index (χ4n) is 2.65. The first-order valence-corrected chi connectivity index (χ1v) is 8.65. The largest absolute Gasteiger partial charge is 0.142 e. The van der Waals surface area contributed by atoms with Gasteiger partial charge in [-0.3, -0.25) is 0 Å². The van der Waals surface area contributed by atoms with Gasteiger partial charge in [0.1, 0.15) is 0 Å². The van der Waals surface area contributed by atoms with E-state index < -0.39 is 0 Å². The molecule has 0 bridgehead atoms. The topological polar surface area (TPSA) is 0 Å². The molecule has 0 radical (unpaired) electrons. The minimum atomic E-state index is 1.31. The molecule has 0 atom stereocenters. The molecule has 2 heteroatoms. The van der Waals surface area contributed by atoms with Gasteiger partial charge in [0.15, 0.2) is 0 Å². The summed E-state index contributed by atoms with van der Waals surface area (Å²) in [6.07, 6.45) is 0. The summed E-state index contributed by atoms with van der Waals surface area (Å²) in [5.41, 5.74) is 2.67. The zero-order chi connectivity index (χ0) is 14.2. The number of hydrogen-bond donors (Lipinski definition) is 0. The molecule has 0 N–H and O–H groups in total. The van der Waals surface area contributed by atoms with Gasteiger partial charge in [0.05, 0.1) is 4.88 Å². The van der Waals surface area contributed by atoms with Crippen molar-refractivity contribution in [2.45, 2.75) is 6.92 Å². The quantitative estimate of drug-likeness (QED) is 0.391. The van der Waals surface area contributed by atoms with Crippen LogP contribution in [0.2, 0.25) is 0 Å². The molecule has 4 aromatic rings. The van der Waals surface area contributed by atoms with E-state index in [4.69, 9.17) is 0 Å². The summed E-state index contributed by atoms with van der Waals surface area (Å²) in [5.74, 6) is 0. The number of fused-ring (bicyclic) bond motifs is 1. The lowest BCUT2D eigenvalue weighted by Gasteiger charge is -1.98. The van der Waals surface area contributed by atoms with Gasteiger partial charge in [0.25, 0.3) is 0 Å². The molecular weight excluding hydrogens is 292 g/mol. The maximum atomic E-state index is 2.32. The van der Waals surface area contributed by atoms with Crippen molar-refractivity contribution in [3.05, 3.63) is 71.6 Å². The van der Waals surface area contributed by atoms with E-state index in [1.54, 1.807) is 0 Å². The van der Waals surface area contributed by atoms with Crippen molar-refractivity contribution in [3.63, 3.8) is 0 Å². The Hall–Kier alpha value is -1.90. The van der Waals surface area contributed by atoms with Crippen molar-refractivity contribution in [1.29, 1.82) is 0 Å². The van der Waals surface area contributed by atoms with E-state index in [9.17, 15) is 0 Å². The van der Waals surface area contributed by atoms with E-state index >= 15 is 0 Å². The molecule has 0 saturated carbocycles. The first kappa shape index (κ1) is 12.8. The third kappa shape index (κ3) is 2.21. The Morgan fingerprint density at radius 3 is 2.43 bits per heavy atom. The van der Waals surface area contributed by atoms with E-state index in [2.05, 4.69) is 73.0 Å². The van der Waals surface area contributed by atoms with Crippen LogP contribution in [0, 0.1) is 6.92 Å². The van der Waals surface area contributed by atoms with Crippen LogP contribution in [0.5, 0.6) is 0 Å². The van der Waals surface area contributed by atoms with E-state index in [0.717, 1.165) is 0 Å². The minimum absolute atomic E-state index is 1.31. The van der Waals surface area contributed by atoms with Crippen LogP contribution in [0.4, 0.5) is 0 Å².